The molecule has 1 aromatic carbocycles. The topological polar surface area (TPSA) is 45.7 Å². The van der Waals surface area contributed by atoms with Gasteiger partial charge in [0.2, 0.25) is 0 Å². The van der Waals surface area contributed by atoms with Gasteiger partial charge in [0.15, 0.2) is 11.6 Å². The van der Waals surface area contributed by atoms with E-state index in [4.69, 9.17) is 4.74 Å². The lowest BCUT2D eigenvalue weighted by Crippen LogP contribution is -2.48. The zero-order valence-corrected chi connectivity index (χ0v) is 14.5. The number of hydrogen-bond donors (Lipinski definition) is 0. The number of pyridine rings is 1. The second-order valence-electron chi connectivity index (χ2n) is 6.23. The van der Waals surface area contributed by atoms with E-state index in [-0.39, 0.29) is 17.5 Å². The van der Waals surface area contributed by atoms with Gasteiger partial charge in [0.05, 0.1) is 12.7 Å². The van der Waals surface area contributed by atoms with Crippen molar-refractivity contribution in [3.8, 4) is 5.75 Å². The van der Waals surface area contributed by atoms with E-state index in [2.05, 4.69) is 9.88 Å². The molecule has 0 spiro atoms. The maximum atomic E-state index is 13.8. The second kappa shape index (κ2) is 7.61. The van der Waals surface area contributed by atoms with Crippen LogP contribution in [0.5, 0.6) is 5.75 Å². The highest BCUT2D eigenvalue weighted by atomic mass is 19.1. The van der Waals surface area contributed by atoms with Crippen LogP contribution in [0.25, 0.3) is 0 Å². The first-order chi connectivity index (χ1) is 12.1. The fourth-order valence-corrected chi connectivity index (χ4v) is 2.95. The van der Waals surface area contributed by atoms with Crippen LogP contribution >= 0.6 is 0 Å². The Bertz CT molecular complexity index is 741. The van der Waals surface area contributed by atoms with Gasteiger partial charge in [-0.1, -0.05) is 6.07 Å². The molecule has 1 amide bonds. The summed E-state index contributed by atoms with van der Waals surface area (Å²) in [4.78, 5) is 20.7. The van der Waals surface area contributed by atoms with Gasteiger partial charge in [-0.25, -0.2) is 4.39 Å². The minimum absolute atomic E-state index is 0.0163. The Balaban J connectivity index is 1.55. The number of benzene rings is 1. The van der Waals surface area contributed by atoms with Gasteiger partial charge in [-0.2, -0.15) is 0 Å². The van der Waals surface area contributed by atoms with E-state index in [1.165, 1.54) is 13.2 Å². The van der Waals surface area contributed by atoms with Gasteiger partial charge >= 0.3 is 0 Å². The van der Waals surface area contributed by atoms with Crippen LogP contribution in [0.3, 0.4) is 0 Å². The normalized spacial score (nSPS) is 15.2. The van der Waals surface area contributed by atoms with Crippen molar-refractivity contribution in [2.24, 2.45) is 0 Å². The van der Waals surface area contributed by atoms with Crippen LogP contribution in [0.4, 0.5) is 4.39 Å². The van der Waals surface area contributed by atoms with E-state index < -0.39 is 0 Å². The quantitative estimate of drug-likeness (QED) is 0.856. The molecule has 0 saturated carbocycles. The number of piperazine rings is 1. The van der Waals surface area contributed by atoms with E-state index in [1.54, 1.807) is 12.3 Å². The van der Waals surface area contributed by atoms with Crippen LogP contribution in [-0.4, -0.2) is 54.0 Å². The molecule has 0 bridgehead atoms. The first-order valence-corrected chi connectivity index (χ1v) is 8.33. The number of aryl methyl sites for hydroxylation is 1. The molecule has 0 radical (unpaired) electrons. The fraction of sp³-hybridized carbons (Fsp3) is 0.368. The van der Waals surface area contributed by atoms with Crippen molar-refractivity contribution >= 4 is 5.91 Å². The number of methoxy groups -OCH3 is 1. The molecule has 0 atom stereocenters. The van der Waals surface area contributed by atoms with Gasteiger partial charge in [0, 0.05) is 44.6 Å². The molecule has 5 nitrogen and oxygen atoms in total. The minimum Gasteiger partial charge on any atom is -0.494 e. The zero-order chi connectivity index (χ0) is 17.8. The average molecular weight is 343 g/mol. The second-order valence-corrected chi connectivity index (χ2v) is 6.23. The third-order valence-corrected chi connectivity index (χ3v) is 4.44. The number of aromatic nitrogens is 1. The van der Waals surface area contributed by atoms with Crippen molar-refractivity contribution in [1.29, 1.82) is 0 Å². The van der Waals surface area contributed by atoms with Crippen molar-refractivity contribution in [3.05, 3.63) is 59.2 Å². The first kappa shape index (κ1) is 17.4. The first-order valence-electron chi connectivity index (χ1n) is 8.33. The Morgan fingerprint density at radius 2 is 1.96 bits per heavy atom. The smallest absolute Gasteiger partial charge is 0.255 e. The predicted octanol–water partition coefficient (Wildman–Crippen LogP) is 2.50. The molecule has 0 aliphatic carbocycles. The number of carbonyl (C=O) groups is 1. The van der Waals surface area contributed by atoms with Crippen LogP contribution < -0.4 is 4.74 Å². The van der Waals surface area contributed by atoms with Crippen molar-refractivity contribution in [2.45, 2.75) is 13.5 Å². The SMILES string of the molecule is COc1ccc(CN2CCN(C(=O)c3ccc(C)nc3)CC2)cc1F. The van der Waals surface area contributed by atoms with Crippen molar-refractivity contribution in [2.75, 3.05) is 33.3 Å². The molecule has 1 aliphatic rings. The summed E-state index contributed by atoms with van der Waals surface area (Å²) in [5.41, 5.74) is 2.42. The maximum Gasteiger partial charge on any atom is 0.255 e. The van der Waals surface area contributed by atoms with Crippen LogP contribution in [0.15, 0.2) is 36.5 Å². The summed E-state index contributed by atoms with van der Waals surface area (Å²) in [5.74, 6) is -0.0748. The molecule has 2 aromatic rings. The van der Waals surface area contributed by atoms with E-state index >= 15 is 0 Å². The van der Waals surface area contributed by atoms with Gasteiger partial charge in [-0.15, -0.1) is 0 Å². The lowest BCUT2D eigenvalue weighted by molar-refractivity contribution is 0.0628. The average Bonchev–Trinajstić information content (AvgIpc) is 2.63. The van der Waals surface area contributed by atoms with Crippen molar-refractivity contribution in [1.82, 2.24) is 14.8 Å². The predicted molar refractivity (Wildman–Crippen MR) is 93.1 cm³/mol. The number of rotatable bonds is 4. The molecule has 25 heavy (non-hydrogen) atoms. The summed E-state index contributed by atoms with van der Waals surface area (Å²) in [6.07, 6.45) is 1.63. The van der Waals surface area contributed by atoms with E-state index in [9.17, 15) is 9.18 Å². The molecule has 6 heteroatoms. The molecular formula is C19H22FN3O2. The molecule has 1 fully saturated rings. The standard InChI is InChI=1S/C19H22FN3O2/c1-14-3-5-16(12-21-14)19(24)23-9-7-22(8-10-23)13-15-4-6-18(25-2)17(20)11-15/h3-6,11-12H,7-10,13H2,1-2H3. The summed E-state index contributed by atoms with van der Waals surface area (Å²) in [6.45, 7) is 5.40. The highest BCUT2D eigenvalue weighted by Gasteiger charge is 2.22. The molecule has 1 aliphatic heterocycles. The number of nitrogens with zero attached hydrogens (tertiary/aromatic N) is 3. The van der Waals surface area contributed by atoms with Gasteiger partial charge in [-0.05, 0) is 36.8 Å². The Hall–Kier alpha value is -2.47. The maximum absolute atomic E-state index is 13.8. The van der Waals surface area contributed by atoms with Crippen LogP contribution in [0, 0.1) is 12.7 Å². The molecule has 3 rings (SSSR count). The van der Waals surface area contributed by atoms with E-state index in [0.29, 0.717) is 25.2 Å². The summed E-state index contributed by atoms with van der Waals surface area (Å²) in [6, 6.07) is 8.69. The van der Waals surface area contributed by atoms with Crippen LogP contribution in [0.2, 0.25) is 0 Å². The molecule has 0 N–H and O–H groups in total. The Labute approximate surface area is 147 Å². The van der Waals surface area contributed by atoms with Crippen LogP contribution in [0.1, 0.15) is 21.6 Å². The van der Waals surface area contributed by atoms with Crippen molar-refractivity contribution < 1.29 is 13.9 Å². The summed E-state index contributed by atoms with van der Waals surface area (Å²) in [5, 5.41) is 0. The number of halogens is 1. The largest absolute Gasteiger partial charge is 0.494 e. The zero-order valence-electron chi connectivity index (χ0n) is 14.5. The molecule has 132 valence electrons. The number of hydrogen-bond acceptors (Lipinski definition) is 4. The third kappa shape index (κ3) is 4.14. The Morgan fingerprint density at radius 3 is 2.56 bits per heavy atom. The van der Waals surface area contributed by atoms with E-state index in [1.807, 2.05) is 30.0 Å². The molecule has 1 saturated heterocycles. The highest BCUT2D eigenvalue weighted by molar-refractivity contribution is 5.94. The molecule has 0 unspecified atom stereocenters. The van der Waals surface area contributed by atoms with Gasteiger partial charge < -0.3 is 9.64 Å². The summed E-state index contributed by atoms with van der Waals surface area (Å²) in [7, 11) is 1.46. The lowest BCUT2D eigenvalue weighted by atomic mass is 10.1. The molecule has 1 aromatic heterocycles. The number of amides is 1. The van der Waals surface area contributed by atoms with Gasteiger partial charge in [0.1, 0.15) is 0 Å². The van der Waals surface area contributed by atoms with Crippen molar-refractivity contribution in [3.63, 3.8) is 0 Å². The lowest BCUT2D eigenvalue weighted by Gasteiger charge is -2.34. The van der Waals surface area contributed by atoms with Gasteiger partial charge in [-0.3, -0.25) is 14.7 Å². The minimum atomic E-state index is -0.347. The number of ether oxygens (including phenoxy) is 1. The van der Waals surface area contributed by atoms with Crippen LogP contribution in [-0.2, 0) is 6.54 Å². The summed E-state index contributed by atoms with van der Waals surface area (Å²) < 4.78 is 18.7. The third-order valence-electron chi connectivity index (χ3n) is 4.44. The highest BCUT2D eigenvalue weighted by Crippen LogP contribution is 2.19. The Morgan fingerprint density at radius 1 is 1.20 bits per heavy atom. The van der Waals surface area contributed by atoms with E-state index in [0.717, 1.165) is 24.3 Å². The van der Waals surface area contributed by atoms with Gasteiger partial charge in [0.25, 0.3) is 5.91 Å². The summed E-state index contributed by atoms with van der Waals surface area (Å²) >= 11 is 0. The monoisotopic (exact) mass is 343 g/mol. The fourth-order valence-electron chi connectivity index (χ4n) is 2.95. The number of carbonyl (C=O) groups excluding carboxylic acids is 1. The molecule has 2 heterocycles. The Kier molecular flexibility index (Phi) is 5.28. The molecular weight excluding hydrogens is 321 g/mol.